The van der Waals surface area contributed by atoms with Crippen molar-refractivity contribution < 1.29 is 19.1 Å². The zero-order valence-corrected chi connectivity index (χ0v) is 19.4. The summed E-state index contributed by atoms with van der Waals surface area (Å²) in [6, 6.07) is 15.0. The van der Waals surface area contributed by atoms with E-state index in [9.17, 15) is 9.59 Å². The maximum atomic E-state index is 13.1. The fourth-order valence-electron chi connectivity index (χ4n) is 3.66. The molecule has 0 fully saturated rings. The van der Waals surface area contributed by atoms with Crippen molar-refractivity contribution >= 4 is 29.4 Å². The van der Waals surface area contributed by atoms with E-state index in [4.69, 9.17) is 9.47 Å². The van der Waals surface area contributed by atoms with Crippen molar-refractivity contribution in [3.05, 3.63) is 70.9 Å². The lowest BCUT2D eigenvalue weighted by molar-refractivity contribution is -0.121. The SMILES string of the molecule is COc1ccc(C(=O)Nc2c3c(nn2CC(=O)NCCc2ccccc2)CSC3)c(OC)c1. The molecule has 0 saturated heterocycles. The number of carbonyl (C=O) groups is 2. The Morgan fingerprint density at radius 1 is 1.09 bits per heavy atom. The highest BCUT2D eigenvalue weighted by atomic mass is 32.2. The zero-order chi connectivity index (χ0) is 23.2. The van der Waals surface area contributed by atoms with Gasteiger partial charge in [-0.25, -0.2) is 4.68 Å². The Hall–Kier alpha value is -3.46. The van der Waals surface area contributed by atoms with E-state index < -0.39 is 0 Å². The van der Waals surface area contributed by atoms with Gasteiger partial charge in [-0.15, -0.1) is 0 Å². The summed E-state index contributed by atoms with van der Waals surface area (Å²) in [5, 5.41) is 10.5. The van der Waals surface area contributed by atoms with Gasteiger partial charge >= 0.3 is 0 Å². The molecule has 0 aliphatic carbocycles. The van der Waals surface area contributed by atoms with Crippen LogP contribution >= 0.6 is 11.8 Å². The molecule has 4 rings (SSSR count). The van der Waals surface area contributed by atoms with Crippen LogP contribution in [0.2, 0.25) is 0 Å². The van der Waals surface area contributed by atoms with Crippen LogP contribution in [0.25, 0.3) is 0 Å². The maximum Gasteiger partial charge on any atom is 0.260 e. The van der Waals surface area contributed by atoms with Crippen LogP contribution in [0.15, 0.2) is 48.5 Å². The van der Waals surface area contributed by atoms with Crippen LogP contribution in [0.5, 0.6) is 11.5 Å². The first-order valence-electron chi connectivity index (χ1n) is 10.6. The van der Waals surface area contributed by atoms with Crippen molar-refractivity contribution in [3.63, 3.8) is 0 Å². The Labute approximate surface area is 196 Å². The molecule has 8 nitrogen and oxygen atoms in total. The van der Waals surface area contributed by atoms with Crippen molar-refractivity contribution in [3.8, 4) is 11.5 Å². The Balaban J connectivity index is 1.46. The second-order valence-electron chi connectivity index (χ2n) is 7.53. The number of rotatable bonds is 9. The Bertz CT molecular complexity index is 1150. The molecule has 33 heavy (non-hydrogen) atoms. The summed E-state index contributed by atoms with van der Waals surface area (Å²) < 4.78 is 12.2. The summed E-state index contributed by atoms with van der Waals surface area (Å²) in [6.45, 7) is 0.562. The van der Waals surface area contributed by atoms with Gasteiger partial charge in [0.15, 0.2) is 0 Å². The quantitative estimate of drug-likeness (QED) is 0.503. The predicted octanol–water partition coefficient (Wildman–Crippen LogP) is 3.26. The first kappa shape index (κ1) is 22.7. The third-order valence-corrected chi connectivity index (χ3v) is 6.35. The predicted molar refractivity (Wildman–Crippen MR) is 128 cm³/mol. The lowest BCUT2D eigenvalue weighted by Crippen LogP contribution is -2.30. The lowest BCUT2D eigenvalue weighted by atomic mass is 10.1. The van der Waals surface area contributed by atoms with Crippen molar-refractivity contribution in [1.29, 1.82) is 0 Å². The van der Waals surface area contributed by atoms with Gasteiger partial charge in [-0.2, -0.15) is 16.9 Å². The molecule has 0 radical (unpaired) electrons. The number of methoxy groups -OCH3 is 2. The third kappa shape index (κ3) is 5.31. The summed E-state index contributed by atoms with van der Waals surface area (Å²) in [7, 11) is 3.06. The number of hydrogen-bond acceptors (Lipinski definition) is 6. The van der Waals surface area contributed by atoms with E-state index in [1.807, 2.05) is 30.3 Å². The molecule has 3 aromatic rings. The van der Waals surface area contributed by atoms with Crippen LogP contribution in [0.3, 0.4) is 0 Å². The van der Waals surface area contributed by atoms with Crippen LogP contribution < -0.4 is 20.1 Å². The van der Waals surface area contributed by atoms with Crippen molar-refractivity contribution in [2.45, 2.75) is 24.5 Å². The smallest absolute Gasteiger partial charge is 0.260 e. The Morgan fingerprint density at radius 3 is 2.67 bits per heavy atom. The van der Waals surface area contributed by atoms with Crippen LogP contribution in [0.1, 0.15) is 27.2 Å². The lowest BCUT2D eigenvalue weighted by Gasteiger charge is -2.13. The van der Waals surface area contributed by atoms with Gasteiger partial charge in [-0.1, -0.05) is 30.3 Å². The van der Waals surface area contributed by atoms with Crippen LogP contribution in [-0.4, -0.2) is 42.4 Å². The average Bonchev–Trinajstić information content (AvgIpc) is 3.41. The summed E-state index contributed by atoms with van der Waals surface area (Å²) in [4.78, 5) is 25.7. The number of anilines is 1. The fraction of sp³-hybridized carbons (Fsp3) is 0.292. The second-order valence-corrected chi connectivity index (χ2v) is 8.52. The summed E-state index contributed by atoms with van der Waals surface area (Å²) in [6.07, 6.45) is 0.750. The monoisotopic (exact) mass is 466 g/mol. The minimum absolute atomic E-state index is 0.0296. The first-order chi connectivity index (χ1) is 16.1. The zero-order valence-electron chi connectivity index (χ0n) is 18.6. The van der Waals surface area contributed by atoms with Crippen molar-refractivity contribution in [2.24, 2.45) is 0 Å². The molecular formula is C24H26N4O4S. The molecule has 2 aromatic carbocycles. The Morgan fingerprint density at radius 2 is 1.91 bits per heavy atom. The molecular weight excluding hydrogens is 440 g/mol. The largest absolute Gasteiger partial charge is 0.497 e. The van der Waals surface area contributed by atoms with Gasteiger partial charge in [-0.3, -0.25) is 9.59 Å². The highest BCUT2D eigenvalue weighted by Crippen LogP contribution is 2.35. The third-order valence-electron chi connectivity index (χ3n) is 5.38. The summed E-state index contributed by atoms with van der Waals surface area (Å²) >= 11 is 1.73. The number of nitrogens with zero attached hydrogens (tertiary/aromatic N) is 2. The van der Waals surface area contributed by atoms with E-state index in [0.717, 1.165) is 34.7 Å². The van der Waals surface area contributed by atoms with Crippen molar-refractivity contribution in [2.75, 3.05) is 26.1 Å². The molecule has 2 amide bonds. The van der Waals surface area contributed by atoms with E-state index in [-0.39, 0.29) is 18.4 Å². The number of carbonyl (C=O) groups excluding carboxylic acids is 2. The number of nitrogens with one attached hydrogen (secondary N) is 2. The molecule has 0 spiro atoms. The van der Waals surface area contributed by atoms with E-state index in [2.05, 4.69) is 15.7 Å². The maximum absolute atomic E-state index is 13.1. The van der Waals surface area contributed by atoms with Crippen molar-refractivity contribution in [1.82, 2.24) is 15.1 Å². The molecule has 2 N–H and O–H groups in total. The molecule has 1 aliphatic heterocycles. The number of ether oxygens (including phenoxy) is 2. The molecule has 0 bridgehead atoms. The molecule has 9 heteroatoms. The number of fused-ring (bicyclic) bond motifs is 1. The molecule has 1 aromatic heterocycles. The highest BCUT2D eigenvalue weighted by molar-refractivity contribution is 7.98. The topological polar surface area (TPSA) is 94.5 Å². The fourth-order valence-corrected chi connectivity index (χ4v) is 4.70. The summed E-state index contributed by atoms with van der Waals surface area (Å²) in [5.41, 5.74) is 3.39. The van der Waals surface area contributed by atoms with E-state index in [1.54, 1.807) is 41.8 Å². The summed E-state index contributed by atoms with van der Waals surface area (Å²) in [5.74, 6) is 2.56. The van der Waals surface area contributed by atoms with Gasteiger partial charge < -0.3 is 20.1 Å². The minimum atomic E-state index is -0.333. The molecule has 1 aliphatic rings. The van der Waals surface area contributed by atoms with Gasteiger partial charge in [-0.05, 0) is 24.1 Å². The molecule has 0 atom stereocenters. The number of amides is 2. The number of benzene rings is 2. The van der Waals surface area contributed by atoms with Gasteiger partial charge in [0.05, 0.1) is 25.5 Å². The van der Waals surface area contributed by atoms with E-state index >= 15 is 0 Å². The average molecular weight is 467 g/mol. The van der Waals surface area contributed by atoms with Gasteiger partial charge in [0, 0.05) is 29.7 Å². The van der Waals surface area contributed by atoms with E-state index in [0.29, 0.717) is 29.4 Å². The number of aromatic nitrogens is 2. The van der Waals surface area contributed by atoms with Gasteiger partial charge in [0.25, 0.3) is 5.91 Å². The van der Waals surface area contributed by atoms with Crippen LogP contribution in [0, 0.1) is 0 Å². The molecule has 0 unspecified atom stereocenters. The highest BCUT2D eigenvalue weighted by Gasteiger charge is 2.26. The first-order valence-corrected chi connectivity index (χ1v) is 11.7. The second kappa shape index (κ2) is 10.4. The number of hydrogen-bond donors (Lipinski definition) is 2. The normalized spacial score (nSPS) is 12.2. The molecule has 0 saturated carbocycles. The van der Waals surface area contributed by atoms with Crippen LogP contribution in [0.4, 0.5) is 5.82 Å². The van der Waals surface area contributed by atoms with Crippen LogP contribution in [-0.2, 0) is 29.3 Å². The standard InChI is InChI=1S/C24H26N4O4S/c1-31-17-8-9-18(21(12-17)32-2)24(30)26-23-19-14-33-15-20(19)27-28(23)13-22(29)25-11-10-16-6-4-3-5-7-16/h3-9,12H,10-11,13-15H2,1-2H3,(H,25,29)(H,26,30). The minimum Gasteiger partial charge on any atom is -0.497 e. The number of thioether (sulfide) groups is 1. The van der Waals surface area contributed by atoms with Gasteiger partial charge in [0.2, 0.25) is 5.91 Å². The van der Waals surface area contributed by atoms with Gasteiger partial charge in [0.1, 0.15) is 23.9 Å². The Kier molecular flexibility index (Phi) is 7.19. The van der Waals surface area contributed by atoms with E-state index in [1.165, 1.54) is 7.11 Å². The molecule has 172 valence electrons. The molecule has 2 heterocycles.